The lowest BCUT2D eigenvalue weighted by Crippen LogP contribution is -2.30. The maximum absolute atomic E-state index is 13.8. The van der Waals surface area contributed by atoms with E-state index in [9.17, 15) is 31.2 Å². The van der Waals surface area contributed by atoms with Crippen LogP contribution in [0.5, 0.6) is 0 Å². The SMILES string of the molecule is C[C@H](OC(=O)c1cc(S(N)(=O)=O)ccc1F)C(=O)Nc1ccc(F)c(F)c1. The Morgan fingerprint density at radius 1 is 1.04 bits per heavy atom. The fraction of sp³-hybridized carbons (Fsp3) is 0.125. The first-order valence-corrected chi connectivity index (χ1v) is 8.83. The van der Waals surface area contributed by atoms with Crippen molar-refractivity contribution in [1.82, 2.24) is 0 Å². The molecule has 0 fully saturated rings. The fourth-order valence-electron chi connectivity index (χ4n) is 1.93. The van der Waals surface area contributed by atoms with Crippen LogP contribution in [0.2, 0.25) is 0 Å². The molecule has 0 bridgehead atoms. The third-order valence-electron chi connectivity index (χ3n) is 3.33. The summed E-state index contributed by atoms with van der Waals surface area (Å²) in [7, 11) is -4.19. The largest absolute Gasteiger partial charge is 0.449 e. The molecule has 0 aliphatic rings. The van der Waals surface area contributed by atoms with E-state index >= 15 is 0 Å². The Balaban J connectivity index is 2.12. The molecule has 1 atom stereocenters. The van der Waals surface area contributed by atoms with Gasteiger partial charge in [-0.15, -0.1) is 0 Å². The molecule has 2 aromatic rings. The van der Waals surface area contributed by atoms with Gasteiger partial charge in [-0.3, -0.25) is 4.79 Å². The number of ether oxygens (including phenoxy) is 1. The minimum absolute atomic E-state index is 0.0933. The van der Waals surface area contributed by atoms with Crippen LogP contribution in [-0.4, -0.2) is 26.4 Å². The lowest BCUT2D eigenvalue weighted by Gasteiger charge is -2.14. The van der Waals surface area contributed by atoms with Crippen LogP contribution >= 0.6 is 0 Å². The summed E-state index contributed by atoms with van der Waals surface area (Å²) in [6.45, 7) is 1.15. The van der Waals surface area contributed by atoms with Crippen LogP contribution in [0.3, 0.4) is 0 Å². The molecule has 0 saturated heterocycles. The highest BCUT2D eigenvalue weighted by atomic mass is 32.2. The Bertz CT molecular complexity index is 1010. The first kappa shape index (κ1) is 20.4. The number of esters is 1. The summed E-state index contributed by atoms with van der Waals surface area (Å²) in [6.07, 6.45) is -1.46. The molecule has 0 heterocycles. The summed E-state index contributed by atoms with van der Waals surface area (Å²) < 4.78 is 67.1. The highest BCUT2D eigenvalue weighted by molar-refractivity contribution is 7.89. The van der Waals surface area contributed by atoms with Crippen LogP contribution in [0.4, 0.5) is 18.9 Å². The van der Waals surface area contributed by atoms with Gasteiger partial charge in [0.1, 0.15) is 5.82 Å². The van der Waals surface area contributed by atoms with Crippen molar-refractivity contribution in [2.75, 3.05) is 5.32 Å². The first-order chi connectivity index (χ1) is 12.5. The molecular weight excluding hydrogens is 389 g/mol. The molecule has 11 heteroatoms. The van der Waals surface area contributed by atoms with E-state index in [0.29, 0.717) is 12.1 Å². The van der Waals surface area contributed by atoms with Crippen LogP contribution in [0, 0.1) is 17.5 Å². The van der Waals surface area contributed by atoms with Gasteiger partial charge in [0, 0.05) is 11.8 Å². The molecule has 0 radical (unpaired) electrons. The predicted molar refractivity (Wildman–Crippen MR) is 87.6 cm³/mol. The van der Waals surface area contributed by atoms with Crippen molar-refractivity contribution in [3.63, 3.8) is 0 Å². The summed E-state index contributed by atoms with van der Waals surface area (Å²) in [5, 5.41) is 7.09. The number of carbonyl (C=O) groups excluding carboxylic acids is 2. The number of halogens is 3. The van der Waals surface area contributed by atoms with Crippen LogP contribution in [0.1, 0.15) is 17.3 Å². The zero-order valence-corrected chi connectivity index (χ0v) is 14.5. The number of carbonyl (C=O) groups is 2. The van der Waals surface area contributed by atoms with Crippen molar-refractivity contribution in [1.29, 1.82) is 0 Å². The second-order valence-corrected chi connectivity index (χ2v) is 6.91. The number of amides is 1. The van der Waals surface area contributed by atoms with Gasteiger partial charge in [0.05, 0.1) is 10.5 Å². The monoisotopic (exact) mass is 402 g/mol. The third kappa shape index (κ3) is 5.05. The normalized spacial score (nSPS) is 12.3. The zero-order valence-electron chi connectivity index (χ0n) is 13.7. The van der Waals surface area contributed by atoms with Crippen molar-refractivity contribution in [3.05, 3.63) is 59.4 Å². The molecular formula is C16H13F3N2O5S. The minimum atomic E-state index is -4.19. The van der Waals surface area contributed by atoms with E-state index in [1.807, 2.05) is 0 Å². The molecule has 27 heavy (non-hydrogen) atoms. The third-order valence-corrected chi connectivity index (χ3v) is 4.24. The minimum Gasteiger partial charge on any atom is -0.449 e. The Hall–Kier alpha value is -2.92. The summed E-state index contributed by atoms with van der Waals surface area (Å²) >= 11 is 0. The van der Waals surface area contributed by atoms with Gasteiger partial charge in [0.25, 0.3) is 5.91 Å². The molecule has 2 rings (SSSR count). The average molecular weight is 402 g/mol. The van der Waals surface area contributed by atoms with E-state index in [-0.39, 0.29) is 5.69 Å². The van der Waals surface area contributed by atoms with Crippen LogP contribution in [-0.2, 0) is 19.6 Å². The van der Waals surface area contributed by atoms with E-state index in [2.05, 4.69) is 5.32 Å². The number of benzene rings is 2. The molecule has 0 spiro atoms. The zero-order chi connectivity index (χ0) is 20.4. The number of hydrogen-bond donors (Lipinski definition) is 2. The standard InChI is InChI=1S/C16H13F3N2O5S/c1-8(15(22)21-9-2-4-13(18)14(19)6-9)26-16(23)11-7-10(27(20,24)25)3-5-12(11)17/h2-8H,1H3,(H,21,22)(H2,20,24,25)/t8-/m0/s1. The lowest BCUT2D eigenvalue weighted by atomic mass is 10.2. The van der Waals surface area contributed by atoms with Gasteiger partial charge in [-0.25, -0.2) is 31.5 Å². The van der Waals surface area contributed by atoms with Gasteiger partial charge in [0.15, 0.2) is 17.7 Å². The fourth-order valence-corrected chi connectivity index (χ4v) is 2.47. The average Bonchev–Trinajstić information content (AvgIpc) is 2.57. The maximum atomic E-state index is 13.8. The van der Waals surface area contributed by atoms with Gasteiger partial charge in [0.2, 0.25) is 10.0 Å². The van der Waals surface area contributed by atoms with E-state index < -0.39 is 55.9 Å². The van der Waals surface area contributed by atoms with Crippen LogP contribution < -0.4 is 10.5 Å². The van der Waals surface area contributed by atoms with Crippen molar-refractivity contribution >= 4 is 27.6 Å². The second-order valence-electron chi connectivity index (χ2n) is 5.35. The molecule has 3 N–H and O–H groups in total. The molecule has 2 aromatic carbocycles. The van der Waals surface area contributed by atoms with E-state index in [1.165, 1.54) is 0 Å². The number of rotatable bonds is 5. The molecule has 7 nitrogen and oxygen atoms in total. The molecule has 0 saturated carbocycles. The van der Waals surface area contributed by atoms with Crippen molar-refractivity contribution < 1.29 is 35.9 Å². The van der Waals surface area contributed by atoms with Crippen LogP contribution in [0.15, 0.2) is 41.3 Å². The molecule has 0 aliphatic heterocycles. The van der Waals surface area contributed by atoms with Crippen molar-refractivity contribution in [2.24, 2.45) is 5.14 Å². The summed E-state index contributed by atoms with van der Waals surface area (Å²) in [6, 6.07) is 4.84. The highest BCUT2D eigenvalue weighted by Gasteiger charge is 2.23. The van der Waals surface area contributed by atoms with E-state index in [4.69, 9.17) is 9.88 Å². The van der Waals surface area contributed by atoms with Crippen LogP contribution in [0.25, 0.3) is 0 Å². The van der Waals surface area contributed by atoms with Crippen molar-refractivity contribution in [2.45, 2.75) is 17.9 Å². The van der Waals surface area contributed by atoms with Gasteiger partial charge < -0.3 is 10.1 Å². The molecule has 1 amide bonds. The smallest absolute Gasteiger partial charge is 0.341 e. The number of nitrogens with two attached hydrogens (primary N) is 1. The molecule has 0 aliphatic carbocycles. The van der Waals surface area contributed by atoms with Crippen molar-refractivity contribution in [3.8, 4) is 0 Å². The molecule has 144 valence electrons. The first-order valence-electron chi connectivity index (χ1n) is 7.28. The summed E-state index contributed by atoms with van der Waals surface area (Å²) in [5.41, 5.74) is -0.835. The number of nitrogens with one attached hydrogen (secondary N) is 1. The lowest BCUT2D eigenvalue weighted by molar-refractivity contribution is -0.123. The number of anilines is 1. The highest BCUT2D eigenvalue weighted by Crippen LogP contribution is 2.17. The van der Waals surface area contributed by atoms with E-state index in [1.54, 1.807) is 0 Å². The summed E-state index contributed by atoms with van der Waals surface area (Å²) in [5.74, 6) is -5.61. The van der Waals surface area contributed by atoms with Gasteiger partial charge >= 0.3 is 5.97 Å². The topological polar surface area (TPSA) is 116 Å². The molecule has 0 aromatic heterocycles. The summed E-state index contributed by atoms with van der Waals surface area (Å²) in [4.78, 5) is 23.5. The maximum Gasteiger partial charge on any atom is 0.341 e. The van der Waals surface area contributed by atoms with E-state index in [0.717, 1.165) is 31.2 Å². The van der Waals surface area contributed by atoms with Gasteiger partial charge in [-0.2, -0.15) is 0 Å². The van der Waals surface area contributed by atoms with Gasteiger partial charge in [-0.1, -0.05) is 0 Å². The Labute approximate surface area is 152 Å². The number of primary sulfonamides is 1. The van der Waals surface area contributed by atoms with Gasteiger partial charge in [-0.05, 0) is 37.3 Å². The molecule has 0 unspecified atom stereocenters. The number of hydrogen-bond acceptors (Lipinski definition) is 5. The second kappa shape index (κ2) is 7.76. The Morgan fingerprint density at radius 3 is 2.26 bits per heavy atom. The Morgan fingerprint density at radius 2 is 1.67 bits per heavy atom. The predicted octanol–water partition coefficient (Wildman–Crippen LogP) is 1.94. The Kier molecular flexibility index (Phi) is 5.86. The quantitative estimate of drug-likeness (QED) is 0.742. The number of sulfonamides is 1.